The number of rotatable bonds is 22. The maximum absolute atomic E-state index is 13.2. The van der Waals surface area contributed by atoms with Gasteiger partial charge in [0.1, 0.15) is 23.3 Å². The number of aliphatic carboxylic acids is 1. The molecule has 2 unspecified atom stereocenters. The van der Waals surface area contributed by atoms with E-state index >= 15 is 0 Å². The number of carbonyl (C=O) groups is 3. The fraction of sp³-hybridized carbons (Fsp3) is 0.649. The van der Waals surface area contributed by atoms with Crippen LogP contribution in [0.5, 0.6) is 0 Å². The number of anilines is 2. The van der Waals surface area contributed by atoms with Crippen molar-refractivity contribution in [2.45, 2.75) is 108 Å². The summed E-state index contributed by atoms with van der Waals surface area (Å²) in [5.74, 6) is -1.44. The van der Waals surface area contributed by atoms with Gasteiger partial charge in [-0.2, -0.15) is 4.98 Å². The Hall–Kier alpha value is -4.25. The highest BCUT2D eigenvalue weighted by molar-refractivity contribution is 5.90. The number of para-hydroxylation sites is 1. The van der Waals surface area contributed by atoms with Crippen molar-refractivity contribution >= 4 is 40.3 Å². The highest BCUT2D eigenvalue weighted by Gasteiger charge is 2.30. The van der Waals surface area contributed by atoms with E-state index in [2.05, 4.69) is 31.6 Å². The molecule has 8 N–H and O–H groups in total. The maximum atomic E-state index is 13.2. The molecule has 2 atom stereocenters. The lowest BCUT2D eigenvalue weighted by atomic mass is 9.95. The van der Waals surface area contributed by atoms with Gasteiger partial charge in [-0.25, -0.2) is 4.98 Å². The lowest BCUT2D eigenvalue weighted by molar-refractivity contribution is -0.141. The van der Waals surface area contributed by atoms with Crippen molar-refractivity contribution in [3.63, 3.8) is 0 Å². The smallest absolute Gasteiger partial charge is 0.320 e. The number of hydrogen-bond donors (Lipinski definition) is 7. The summed E-state index contributed by atoms with van der Waals surface area (Å²) in [6.07, 6.45) is 11.9. The topological polar surface area (TPSA) is 226 Å². The number of aliphatic hydroxyl groups is 1. The molecule has 1 amide bonds. The number of hydrogen-bond acceptors (Lipinski definition) is 13. The van der Waals surface area contributed by atoms with Crippen LogP contribution >= 0.6 is 0 Å². The number of carbonyl (C=O) groups excluding carboxylic acids is 2. The SMILES string of the molecule is NC(CCC(=O)CC(CO)C(=O)N1CCC(Nc2nc(NCc3cn(CCCNCCCNC4CCCCC4)nn3)nc3ccccc23)CC1)C(=O)O. The largest absolute Gasteiger partial charge is 0.480 e. The zero-order valence-electron chi connectivity index (χ0n) is 30.7. The van der Waals surface area contributed by atoms with E-state index in [9.17, 15) is 19.5 Å². The second-order valence-corrected chi connectivity index (χ2v) is 14.3. The molecule has 2 aliphatic rings. The number of carboxylic acids is 1. The van der Waals surface area contributed by atoms with Gasteiger partial charge in [0, 0.05) is 49.9 Å². The second-order valence-electron chi connectivity index (χ2n) is 14.3. The Labute approximate surface area is 311 Å². The summed E-state index contributed by atoms with van der Waals surface area (Å²) in [6, 6.07) is 7.42. The molecule has 290 valence electrons. The van der Waals surface area contributed by atoms with Crippen molar-refractivity contribution in [3.8, 4) is 0 Å². The van der Waals surface area contributed by atoms with Gasteiger partial charge >= 0.3 is 5.97 Å². The number of carboxylic acid groups (broad SMARTS) is 1. The molecule has 3 heterocycles. The number of benzene rings is 1. The van der Waals surface area contributed by atoms with Gasteiger partial charge in [0.15, 0.2) is 0 Å². The zero-order valence-corrected chi connectivity index (χ0v) is 30.7. The average molecular weight is 736 g/mol. The number of aliphatic hydroxyl groups excluding tert-OH is 1. The molecule has 0 spiro atoms. The first kappa shape index (κ1) is 39.9. The quantitative estimate of drug-likeness (QED) is 0.0736. The third-order valence-corrected chi connectivity index (χ3v) is 10.2. The van der Waals surface area contributed by atoms with Gasteiger partial charge in [-0.3, -0.25) is 19.1 Å². The predicted molar refractivity (Wildman–Crippen MR) is 202 cm³/mol. The van der Waals surface area contributed by atoms with E-state index in [4.69, 9.17) is 20.8 Å². The van der Waals surface area contributed by atoms with Crippen LogP contribution in [0, 0.1) is 5.92 Å². The summed E-state index contributed by atoms with van der Waals surface area (Å²) in [5.41, 5.74) is 7.08. The molecule has 1 aliphatic carbocycles. The number of Topliss-reactive ketones (excluding diaryl/α,β-unsaturated/α-hetero) is 1. The minimum absolute atomic E-state index is 0.00886. The summed E-state index contributed by atoms with van der Waals surface area (Å²) in [7, 11) is 0. The first-order valence-corrected chi connectivity index (χ1v) is 19.3. The molecule has 0 bridgehead atoms. The van der Waals surface area contributed by atoms with E-state index in [0.29, 0.717) is 50.3 Å². The number of fused-ring (bicyclic) bond motifs is 1. The van der Waals surface area contributed by atoms with Gasteiger partial charge in [-0.1, -0.05) is 36.6 Å². The third kappa shape index (κ3) is 12.7. The lowest BCUT2D eigenvalue weighted by Crippen LogP contribution is -2.46. The fourth-order valence-corrected chi connectivity index (χ4v) is 7.02. The number of ketones is 1. The first-order valence-electron chi connectivity index (χ1n) is 19.3. The van der Waals surface area contributed by atoms with Gasteiger partial charge < -0.3 is 42.1 Å². The predicted octanol–water partition coefficient (Wildman–Crippen LogP) is 2.29. The molecule has 3 aromatic rings. The van der Waals surface area contributed by atoms with Gasteiger partial charge in [0.05, 0.1) is 30.8 Å². The van der Waals surface area contributed by atoms with E-state index in [1.54, 1.807) is 4.90 Å². The minimum atomic E-state index is -1.18. The van der Waals surface area contributed by atoms with Crippen LogP contribution in [0.2, 0.25) is 0 Å². The fourth-order valence-electron chi connectivity index (χ4n) is 7.02. The molecule has 1 aromatic carbocycles. The van der Waals surface area contributed by atoms with Crippen molar-refractivity contribution in [2.75, 3.05) is 50.0 Å². The normalized spacial score (nSPS) is 16.8. The van der Waals surface area contributed by atoms with Crippen molar-refractivity contribution in [2.24, 2.45) is 11.7 Å². The molecule has 1 saturated heterocycles. The summed E-state index contributed by atoms with van der Waals surface area (Å²) >= 11 is 0. The van der Waals surface area contributed by atoms with Gasteiger partial charge in [-0.05, 0) is 76.7 Å². The number of piperidine rings is 1. The molecular formula is C37H57N11O5. The highest BCUT2D eigenvalue weighted by Crippen LogP contribution is 2.26. The van der Waals surface area contributed by atoms with Crippen molar-refractivity contribution in [1.82, 2.24) is 40.5 Å². The van der Waals surface area contributed by atoms with Crippen LogP contribution in [0.15, 0.2) is 30.5 Å². The van der Waals surface area contributed by atoms with Crippen molar-refractivity contribution in [3.05, 3.63) is 36.2 Å². The van der Waals surface area contributed by atoms with Crippen LogP contribution in [-0.2, 0) is 27.5 Å². The van der Waals surface area contributed by atoms with Crippen LogP contribution in [0.25, 0.3) is 10.9 Å². The third-order valence-electron chi connectivity index (χ3n) is 10.2. The number of aryl methyl sites for hydroxylation is 1. The van der Waals surface area contributed by atoms with Gasteiger partial charge in [0.25, 0.3) is 0 Å². The lowest BCUT2D eigenvalue weighted by Gasteiger charge is -2.34. The second kappa shape index (κ2) is 20.8. The molecule has 2 aromatic heterocycles. The molecule has 2 fully saturated rings. The Morgan fingerprint density at radius 3 is 2.51 bits per heavy atom. The summed E-state index contributed by atoms with van der Waals surface area (Å²) in [5, 5.41) is 42.4. The molecule has 0 radical (unpaired) electrons. The number of likely N-dealkylation sites (tertiary alicyclic amines) is 1. The van der Waals surface area contributed by atoms with E-state index in [0.717, 1.165) is 55.6 Å². The van der Waals surface area contributed by atoms with Crippen LogP contribution in [0.1, 0.15) is 82.7 Å². The first-order chi connectivity index (χ1) is 25.8. The Morgan fingerprint density at radius 1 is 0.962 bits per heavy atom. The molecular weight excluding hydrogens is 678 g/mol. The van der Waals surface area contributed by atoms with Crippen LogP contribution in [-0.4, -0.2) is 115 Å². The maximum Gasteiger partial charge on any atom is 0.320 e. The Bertz CT molecular complexity index is 1610. The molecule has 5 rings (SSSR count). The van der Waals surface area contributed by atoms with Crippen molar-refractivity contribution < 1.29 is 24.6 Å². The van der Waals surface area contributed by atoms with Crippen LogP contribution in [0.3, 0.4) is 0 Å². The number of nitrogens with two attached hydrogens (primary N) is 1. The zero-order chi connectivity index (χ0) is 37.4. The summed E-state index contributed by atoms with van der Waals surface area (Å²) in [6.45, 7) is 4.70. The van der Waals surface area contributed by atoms with E-state index in [1.165, 1.54) is 32.1 Å². The number of nitrogens with zero attached hydrogens (tertiary/aromatic N) is 6. The monoisotopic (exact) mass is 735 g/mol. The van der Waals surface area contributed by atoms with Crippen LogP contribution < -0.4 is 27.0 Å². The van der Waals surface area contributed by atoms with E-state index in [1.807, 2.05) is 35.1 Å². The van der Waals surface area contributed by atoms with Crippen molar-refractivity contribution in [1.29, 1.82) is 0 Å². The van der Waals surface area contributed by atoms with Crippen LogP contribution in [0.4, 0.5) is 11.8 Å². The van der Waals surface area contributed by atoms with E-state index < -0.39 is 24.5 Å². The molecule has 1 saturated carbocycles. The molecule has 16 nitrogen and oxygen atoms in total. The van der Waals surface area contributed by atoms with Gasteiger partial charge in [-0.15, -0.1) is 5.10 Å². The Morgan fingerprint density at radius 2 is 1.74 bits per heavy atom. The highest BCUT2D eigenvalue weighted by atomic mass is 16.4. The number of nitrogens with one attached hydrogen (secondary N) is 4. The Kier molecular flexibility index (Phi) is 15.7. The summed E-state index contributed by atoms with van der Waals surface area (Å²) < 4.78 is 1.87. The Balaban J connectivity index is 1.04. The number of aromatic nitrogens is 5. The standard InChI is InChI=1S/C37H57N11O5/c38-32(36(52)53)13-12-30(50)22-26(25-49)35(51)47-20-14-28(15-21-47)42-34-31-10-4-5-11-33(31)43-37(44-34)41-23-29-24-48(46-45-29)19-7-17-39-16-6-18-40-27-8-2-1-3-9-27/h4-5,10-11,24,26-28,32,39-40,49H,1-3,6-9,12-23,25,38H2,(H,52,53)(H2,41,42,43,44). The molecule has 53 heavy (non-hydrogen) atoms. The minimum Gasteiger partial charge on any atom is -0.480 e. The molecule has 16 heteroatoms. The number of amides is 1. The summed E-state index contributed by atoms with van der Waals surface area (Å²) in [4.78, 5) is 47.7. The molecule has 1 aliphatic heterocycles. The average Bonchev–Trinajstić information content (AvgIpc) is 3.64. The van der Waals surface area contributed by atoms with E-state index in [-0.39, 0.29) is 37.0 Å². The van der Waals surface area contributed by atoms with Gasteiger partial charge in [0.2, 0.25) is 11.9 Å².